The van der Waals surface area contributed by atoms with Crippen molar-refractivity contribution in [3.8, 4) is 0 Å². The summed E-state index contributed by atoms with van der Waals surface area (Å²) in [5, 5.41) is 8.45. The highest BCUT2D eigenvalue weighted by Crippen LogP contribution is 2.43. The molecule has 0 spiro atoms. The molecule has 1 aromatic heterocycles. The molecule has 1 aliphatic heterocycles. The van der Waals surface area contributed by atoms with Crippen molar-refractivity contribution in [3.63, 3.8) is 0 Å². The minimum absolute atomic E-state index is 0.0485. The molecule has 0 aliphatic carbocycles. The Morgan fingerprint density at radius 3 is 2.53 bits per heavy atom. The largest absolute Gasteiger partial charge is 0.462 e. The summed E-state index contributed by atoms with van der Waals surface area (Å²) in [7, 11) is -2.34. The zero-order chi connectivity index (χ0) is 22.9. The molecule has 166 valence electrons. The Morgan fingerprint density at radius 1 is 1.37 bits per heavy atom. The third-order valence-electron chi connectivity index (χ3n) is 6.25. The molecule has 0 unspecified atom stereocenters. The minimum Gasteiger partial charge on any atom is -0.462 e. The first-order valence-electron chi connectivity index (χ1n) is 10.4. The van der Waals surface area contributed by atoms with E-state index in [1.165, 1.54) is 0 Å². The second-order valence-electron chi connectivity index (χ2n) is 9.35. The zero-order valence-corrected chi connectivity index (χ0v) is 20.9. The number of ether oxygens (including phenoxy) is 1. The molecule has 1 aromatic rings. The molecule has 2 rings (SSSR count). The Hall–Kier alpha value is -1.70. The fraction of sp³-hybridized carbons (Fsp3) is 0.591. The molecule has 8 heteroatoms. The molecule has 0 saturated carbocycles. The number of hydrogen-bond acceptors (Lipinski definition) is 6. The molecule has 0 fully saturated rings. The molecule has 0 saturated heterocycles. The predicted molar refractivity (Wildman–Crippen MR) is 125 cm³/mol. The average molecular weight is 452 g/mol. The maximum absolute atomic E-state index is 12.6. The van der Waals surface area contributed by atoms with E-state index in [9.17, 15) is 9.59 Å². The summed E-state index contributed by atoms with van der Waals surface area (Å²) in [5.74, 6) is 0.480. The molecule has 6 nitrogen and oxygen atoms in total. The molecular formula is C22H34ClN3O3Si. The molecule has 2 heterocycles. The first-order chi connectivity index (χ1) is 13.8. The van der Waals surface area contributed by atoms with Crippen LogP contribution in [0.15, 0.2) is 24.4 Å². The smallest absolute Gasteiger partial charge is 0.340 e. The summed E-state index contributed by atoms with van der Waals surface area (Å²) in [4.78, 5) is 25.3. The standard InChI is InChI=1S/C22H34ClN3O3Si/c1-9-29-21(27)17-13-26(20-16(15(17)4)12-19(23)24-25-20)18(14(2)3)10-11-22(5,6)30(7,8)28/h12-14,18,28H,4,9-11H2,1-3,5-8H3/t18-/m1/s1. The van der Waals surface area contributed by atoms with Crippen molar-refractivity contribution in [1.82, 2.24) is 10.2 Å². The molecule has 0 bridgehead atoms. The third-order valence-corrected chi connectivity index (χ3v) is 10.00. The van der Waals surface area contributed by atoms with Crippen LogP contribution in [0.4, 0.5) is 5.82 Å². The Labute approximate surface area is 186 Å². The van der Waals surface area contributed by atoms with E-state index in [1.54, 1.807) is 19.2 Å². The van der Waals surface area contributed by atoms with E-state index in [2.05, 4.69) is 44.5 Å². The maximum Gasteiger partial charge on any atom is 0.340 e. The number of rotatable bonds is 8. The van der Waals surface area contributed by atoms with Crippen molar-refractivity contribution in [1.29, 1.82) is 0 Å². The minimum atomic E-state index is -2.34. The average Bonchev–Trinajstić information content (AvgIpc) is 2.62. The van der Waals surface area contributed by atoms with Gasteiger partial charge in [-0.15, -0.1) is 10.2 Å². The van der Waals surface area contributed by atoms with E-state index in [-0.39, 0.29) is 28.8 Å². The first kappa shape index (κ1) is 24.6. The summed E-state index contributed by atoms with van der Waals surface area (Å²) >= 11 is 6.10. The number of fused-ring (bicyclic) bond motifs is 1. The molecule has 0 radical (unpaired) electrons. The van der Waals surface area contributed by atoms with Crippen LogP contribution >= 0.6 is 11.6 Å². The number of hydrogen-bond donors (Lipinski definition) is 1. The van der Waals surface area contributed by atoms with Gasteiger partial charge in [0.25, 0.3) is 0 Å². The van der Waals surface area contributed by atoms with Gasteiger partial charge in [0, 0.05) is 17.8 Å². The number of carbonyl (C=O) groups is 1. The molecule has 1 atom stereocenters. The van der Waals surface area contributed by atoms with Gasteiger partial charge >= 0.3 is 5.97 Å². The summed E-state index contributed by atoms with van der Waals surface area (Å²) in [6, 6.07) is 1.74. The monoisotopic (exact) mass is 451 g/mol. The normalized spacial score (nSPS) is 15.7. The fourth-order valence-corrected chi connectivity index (χ4v) is 4.35. The van der Waals surface area contributed by atoms with Crippen molar-refractivity contribution in [3.05, 3.63) is 35.1 Å². The molecule has 0 amide bonds. The van der Waals surface area contributed by atoms with Crippen LogP contribution in [-0.2, 0) is 9.53 Å². The number of anilines is 1. The molecule has 30 heavy (non-hydrogen) atoms. The second kappa shape index (κ2) is 9.20. The van der Waals surface area contributed by atoms with E-state index < -0.39 is 14.3 Å². The lowest BCUT2D eigenvalue weighted by atomic mass is 9.90. The van der Waals surface area contributed by atoms with Crippen LogP contribution in [-0.4, -0.2) is 41.9 Å². The van der Waals surface area contributed by atoms with Crippen molar-refractivity contribution < 1.29 is 14.3 Å². The summed E-state index contributed by atoms with van der Waals surface area (Å²) in [6.45, 7) is 18.6. The molecular weight excluding hydrogens is 418 g/mol. The third kappa shape index (κ3) is 5.13. The van der Waals surface area contributed by atoms with Crippen molar-refractivity contribution in [2.24, 2.45) is 5.92 Å². The first-order valence-corrected chi connectivity index (χ1v) is 13.7. The van der Waals surface area contributed by atoms with Crippen LogP contribution in [0.25, 0.3) is 5.57 Å². The topological polar surface area (TPSA) is 75.5 Å². The number of esters is 1. The highest BCUT2D eigenvalue weighted by Gasteiger charge is 2.40. The van der Waals surface area contributed by atoms with Crippen molar-refractivity contribution in [2.75, 3.05) is 11.5 Å². The predicted octanol–water partition coefficient (Wildman–Crippen LogP) is 5.19. The lowest BCUT2D eigenvalue weighted by Gasteiger charge is -2.40. The van der Waals surface area contributed by atoms with Crippen LogP contribution < -0.4 is 4.90 Å². The van der Waals surface area contributed by atoms with Gasteiger partial charge in [0.05, 0.1) is 12.2 Å². The Balaban J connectivity index is 2.49. The van der Waals surface area contributed by atoms with Gasteiger partial charge in [0.2, 0.25) is 0 Å². The van der Waals surface area contributed by atoms with E-state index >= 15 is 0 Å². The van der Waals surface area contributed by atoms with Gasteiger partial charge in [-0.1, -0.05) is 45.9 Å². The van der Waals surface area contributed by atoms with Crippen LogP contribution in [0.2, 0.25) is 23.3 Å². The fourth-order valence-electron chi connectivity index (χ4n) is 3.44. The van der Waals surface area contributed by atoms with Crippen molar-refractivity contribution in [2.45, 2.75) is 71.6 Å². The highest BCUT2D eigenvalue weighted by atomic mass is 35.5. The van der Waals surface area contributed by atoms with Gasteiger partial charge in [-0.2, -0.15) is 0 Å². The van der Waals surface area contributed by atoms with Crippen LogP contribution in [0.5, 0.6) is 0 Å². The maximum atomic E-state index is 12.6. The quantitative estimate of drug-likeness (QED) is 0.432. The van der Waals surface area contributed by atoms with Gasteiger partial charge in [-0.25, -0.2) is 4.79 Å². The van der Waals surface area contributed by atoms with Gasteiger partial charge in [-0.3, -0.25) is 0 Å². The second-order valence-corrected chi connectivity index (χ2v) is 14.2. The molecule has 1 aliphatic rings. The van der Waals surface area contributed by atoms with Gasteiger partial charge in [0.1, 0.15) is 0 Å². The van der Waals surface area contributed by atoms with Crippen molar-refractivity contribution >= 4 is 37.3 Å². The van der Waals surface area contributed by atoms with Crippen LogP contribution in [0.3, 0.4) is 0 Å². The highest BCUT2D eigenvalue weighted by molar-refractivity contribution is 6.72. The van der Waals surface area contributed by atoms with E-state index in [1.807, 2.05) is 18.0 Å². The Morgan fingerprint density at radius 2 is 2.00 bits per heavy atom. The molecule has 0 aromatic carbocycles. The number of carbonyl (C=O) groups excluding carboxylic acids is 1. The van der Waals surface area contributed by atoms with E-state index in [0.29, 0.717) is 22.5 Å². The van der Waals surface area contributed by atoms with E-state index in [4.69, 9.17) is 16.3 Å². The van der Waals surface area contributed by atoms with E-state index in [0.717, 1.165) is 12.8 Å². The van der Waals surface area contributed by atoms with Crippen LogP contribution in [0.1, 0.15) is 53.0 Å². The zero-order valence-electron chi connectivity index (χ0n) is 19.1. The SMILES string of the molecule is C=C1C(C(=O)OCC)=CN([C@H](CCC(C)(C)[Si](C)(C)O)C(C)C)c2nnc(Cl)cc21. The number of halogens is 1. The summed E-state index contributed by atoms with van der Waals surface area (Å²) < 4.78 is 5.25. The van der Waals surface area contributed by atoms with Gasteiger partial charge in [-0.05, 0) is 55.5 Å². The van der Waals surface area contributed by atoms with Gasteiger partial charge < -0.3 is 14.4 Å². The molecule has 1 N–H and O–H groups in total. The van der Waals surface area contributed by atoms with Gasteiger partial charge in [0.15, 0.2) is 19.3 Å². The Bertz CT molecular complexity index is 847. The lowest BCUT2D eigenvalue weighted by Crippen LogP contribution is -2.43. The summed E-state index contributed by atoms with van der Waals surface area (Å²) in [5.41, 5.74) is 1.61. The summed E-state index contributed by atoms with van der Waals surface area (Å²) in [6.07, 6.45) is 3.46. The Kier molecular flexibility index (Phi) is 7.53. The lowest BCUT2D eigenvalue weighted by molar-refractivity contribution is -0.138. The van der Waals surface area contributed by atoms with Crippen LogP contribution in [0, 0.1) is 5.92 Å². The number of nitrogens with zero attached hydrogens (tertiary/aromatic N) is 3. The number of aromatic nitrogens is 2.